The molecule has 6 N–H and O–H groups in total. The number of pyridine rings is 1. The van der Waals surface area contributed by atoms with E-state index in [1.54, 1.807) is 38.6 Å². The third kappa shape index (κ3) is 6.11. The number of hydrogen-bond acceptors (Lipinski definition) is 8. The number of aromatic nitrogens is 3. The molecule has 0 atom stereocenters. The number of halogens is 1. The molecule has 42 heavy (non-hydrogen) atoms. The van der Waals surface area contributed by atoms with Crippen LogP contribution in [0.3, 0.4) is 0 Å². The highest BCUT2D eigenvalue weighted by molar-refractivity contribution is 5.94. The minimum absolute atomic E-state index is 0. The summed E-state index contributed by atoms with van der Waals surface area (Å²) in [7, 11) is 3.09. The quantitative estimate of drug-likeness (QED) is 0.234. The lowest BCUT2D eigenvalue weighted by atomic mass is 9.84. The summed E-state index contributed by atoms with van der Waals surface area (Å²) in [6.45, 7) is 0. The molecular formula is C31H32ClN5O5. The topological polar surface area (TPSA) is 166 Å². The molecule has 0 aliphatic heterocycles. The molecule has 0 saturated heterocycles. The first kappa shape index (κ1) is 30.2. The van der Waals surface area contributed by atoms with Crippen molar-refractivity contribution in [3.05, 3.63) is 80.3 Å². The molecule has 1 fully saturated rings. The maximum Gasteiger partial charge on any atom is 0.341 e. The van der Waals surface area contributed by atoms with Crippen molar-refractivity contribution in [1.82, 2.24) is 15.0 Å². The van der Waals surface area contributed by atoms with Crippen LogP contribution in [0.1, 0.15) is 76.3 Å². The number of H-pyrrole nitrogens is 1. The molecule has 218 valence electrons. The van der Waals surface area contributed by atoms with E-state index in [1.807, 2.05) is 12.1 Å². The van der Waals surface area contributed by atoms with Crippen molar-refractivity contribution >= 4 is 41.0 Å². The average molecular weight is 590 g/mol. The SMILES string of the molecule is COc1cc(Cc2cnc(N)nc2N)cc(C#Cc2ccc3c(=O)c(C(=O)O)c(C4CCCCC4)[nH]c3c2)c1OC.Cl. The van der Waals surface area contributed by atoms with Gasteiger partial charge in [0.2, 0.25) is 11.4 Å². The van der Waals surface area contributed by atoms with Crippen LogP contribution in [0.2, 0.25) is 0 Å². The van der Waals surface area contributed by atoms with E-state index in [-0.39, 0.29) is 29.8 Å². The molecule has 2 aromatic heterocycles. The molecule has 5 rings (SSSR count). The number of nitrogens with zero attached hydrogens (tertiary/aromatic N) is 2. The van der Waals surface area contributed by atoms with E-state index in [4.69, 9.17) is 20.9 Å². The number of nitrogens with one attached hydrogen (secondary N) is 1. The number of carbonyl (C=O) groups is 1. The van der Waals surface area contributed by atoms with Crippen LogP contribution in [0.5, 0.6) is 11.5 Å². The fourth-order valence-electron chi connectivity index (χ4n) is 5.44. The van der Waals surface area contributed by atoms with Gasteiger partial charge in [-0.15, -0.1) is 12.4 Å². The standard InChI is InChI=1S/C31H31N5O5.ClH/c1-40-24-15-18(13-21-16-34-31(33)36-29(21)32)12-20(28(24)41-2)10-8-17-9-11-22-23(14-17)35-26(19-6-4-3-5-7-19)25(27(22)37)30(38)39;/h9,11-12,14-16,19H,3-7,13H2,1-2H3,(H,35,37)(H,38,39)(H4,32,33,34,36);1H. The number of aromatic amines is 1. The van der Waals surface area contributed by atoms with Crippen LogP contribution in [0.4, 0.5) is 11.8 Å². The minimum atomic E-state index is -1.20. The van der Waals surface area contributed by atoms with Gasteiger partial charge in [-0.05, 0) is 48.7 Å². The van der Waals surface area contributed by atoms with Crippen LogP contribution in [0.15, 0.2) is 41.3 Å². The number of nitrogen functional groups attached to an aromatic ring is 2. The van der Waals surface area contributed by atoms with Crippen molar-refractivity contribution in [3.63, 3.8) is 0 Å². The number of ether oxygens (including phenoxy) is 2. The third-order valence-electron chi connectivity index (χ3n) is 7.45. The van der Waals surface area contributed by atoms with Crippen LogP contribution in [0.25, 0.3) is 10.9 Å². The zero-order valence-electron chi connectivity index (χ0n) is 23.3. The van der Waals surface area contributed by atoms with Gasteiger partial charge in [-0.2, -0.15) is 4.98 Å². The molecule has 0 radical (unpaired) electrons. The van der Waals surface area contributed by atoms with Gasteiger partial charge < -0.3 is 31.0 Å². The van der Waals surface area contributed by atoms with Crippen LogP contribution in [-0.2, 0) is 6.42 Å². The van der Waals surface area contributed by atoms with Crippen molar-refractivity contribution in [3.8, 4) is 23.3 Å². The Morgan fingerprint density at radius 2 is 1.86 bits per heavy atom. The number of methoxy groups -OCH3 is 2. The maximum atomic E-state index is 13.2. The Balaban J connectivity index is 0.00000405. The summed E-state index contributed by atoms with van der Waals surface area (Å²) >= 11 is 0. The lowest BCUT2D eigenvalue weighted by Crippen LogP contribution is -2.22. The number of carboxylic acids is 1. The van der Waals surface area contributed by atoms with E-state index in [9.17, 15) is 14.7 Å². The summed E-state index contributed by atoms with van der Waals surface area (Å²) in [5.74, 6) is 6.52. The van der Waals surface area contributed by atoms with E-state index < -0.39 is 11.4 Å². The number of hydrogen-bond donors (Lipinski definition) is 4. The summed E-state index contributed by atoms with van der Waals surface area (Å²) < 4.78 is 11.2. The number of carboxylic acid groups (broad SMARTS) is 1. The molecule has 4 aromatic rings. The first-order valence-electron chi connectivity index (χ1n) is 13.4. The molecule has 0 unspecified atom stereocenters. The van der Waals surface area contributed by atoms with Gasteiger partial charge in [0.1, 0.15) is 11.4 Å². The molecule has 0 spiro atoms. The maximum absolute atomic E-state index is 13.2. The third-order valence-corrected chi connectivity index (χ3v) is 7.45. The van der Waals surface area contributed by atoms with Crippen molar-refractivity contribution < 1.29 is 19.4 Å². The van der Waals surface area contributed by atoms with Crippen LogP contribution < -0.4 is 26.4 Å². The van der Waals surface area contributed by atoms with Gasteiger partial charge in [-0.25, -0.2) is 9.78 Å². The van der Waals surface area contributed by atoms with Crippen molar-refractivity contribution in [2.24, 2.45) is 0 Å². The Morgan fingerprint density at radius 1 is 1.10 bits per heavy atom. The van der Waals surface area contributed by atoms with Gasteiger partial charge in [0.25, 0.3) is 0 Å². The molecule has 1 aliphatic carbocycles. The normalized spacial score (nSPS) is 13.1. The van der Waals surface area contributed by atoms with Gasteiger partial charge >= 0.3 is 5.97 Å². The zero-order valence-corrected chi connectivity index (χ0v) is 24.1. The summed E-state index contributed by atoms with van der Waals surface area (Å²) in [6.07, 6.45) is 6.87. The number of aromatic carboxylic acids is 1. The lowest BCUT2D eigenvalue weighted by Gasteiger charge is -2.23. The smallest absolute Gasteiger partial charge is 0.341 e. The molecule has 10 nitrogen and oxygen atoms in total. The van der Waals surface area contributed by atoms with Gasteiger partial charge in [0.15, 0.2) is 11.5 Å². The number of anilines is 2. The first-order chi connectivity index (χ1) is 19.8. The van der Waals surface area contributed by atoms with E-state index in [0.717, 1.165) is 37.7 Å². The number of benzene rings is 2. The van der Waals surface area contributed by atoms with Crippen molar-refractivity contribution in [2.45, 2.75) is 44.4 Å². The fourth-order valence-corrected chi connectivity index (χ4v) is 5.44. The zero-order chi connectivity index (χ0) is 29.1. The highest BCUT2D eigenvalue weighted by Crippen LogP contribution is 2.35. The monoisotopic (exact) mass is 589 g/mol. The molecule has 2 heterocycles. The highest BCUT2D eigenvalue weighted by atomic mass is 35.5. The predicted octanol–water partition coefficient (Wildman–Crippen LogP) is 4.66. The molecule has 2 aromatic carbocycles. The van der Waals surface area contributed by atoms with Gasteiger partial charge in [0.05, 0.1) is 25.3 Å². The Kier molecular flexibility index (Phi) is 9.23. The van der Waals surface area contributed by atoms with E-state index >= 15 is 0 Å². The summed E-state index contributed by atoms with van der Waals surface area (Å²) in [6, 6.07) is 8.83. The second-order valence-electron chi connectivity index (χ2n) is 10.1. The van der Waals surface area contributed by atoms with Crippen molar-refractivity contribution in [2.75, 3.05) is 25.7 Å². The largest absolute Gasteiger partial charge is 0.493 e. The Morgan fingerprint density at radius 3 is 2.52 bits per heavy atom. The second kappa shape index (κ2) is 12.8. The summed E-state index contributed by atoms with van der Waals surface area (Å²) in [4.78, 5) is 36.6. The number of nitrogens with two attached hydrogens (primary N) is 2. The van der Waals surface area contributed by atoms with E-state index in [2.05, 4.69) is 26.8 Å². The van der Waals surface area contributed by atoms with Gasteiger partial charge in [-0.3, -0.25) is 4.79 Å². The molecule has 1 saturated carbocycles. The molecule has 1 aliphatic rings. The van der Waals surface area contributed by atoms with Gasteiger partial charge in [0, 0.05) is 40.7 Å². The Labute approximate surface area is 248 Å². The summed E-state index contributed by atoms with van der Waals surface area (Å²) in [5, 5.41) is 10.2. The van der Waals surface area contributed by atoms with E-state index in [1.165, 1.54) is 0 Å². The molecule has 11 heteroatoms. The average Bonchev–Trinajstić information content (AvgIpc) is 2.97. The van der Waals surface area contributed by atoms with E-state index in [0.29, 0.717) is 57.0 Å². The highest BCUT2D eigenvalue weighted by Gasteiger charge is 2.26. The Hall–Kier alpha value is -4.75. The fraction of sp³-hybridized carbons (Fsp3) is 0.290. The molecule has 0 amide bonds. The van der Waals surface area contributed by atoms with Crippen LogP contribution >= 0.6 is 12.4 Å². The minimum Gasteiger partial charge on any atom is -0.493 e. The predicted molar refractivity (Wildman–Crippen MR) is 164 cm³/mol. The second-order valence-corrected chi connectivity index (χ2v) is 10.1. The van der Waals surface area contributed by atoms with Crippen molar-refractivity contribution in [1.29, 1.82) is 0 Å². The Bertz CT molecular complexity index is 1770. The van der Waals surface area contributed by atoms with Gasteiger partial charge in [-0.1, -0.05) is 31.1 Å². The number of rotatable bonds is 6. The molecular weight excluding hydrogens is 558 g/mol. The number of fused-ring (bicyclic) bond motifs is 1. The van der Waals surface area contributed by atoms with Crippen LogP contribution in [-0.4, -0.2) is 40.2 Å². The molecule has 0 bridgehead atoms. The first-order valence-corrected chi connectivity index (χ1v) is 13.4. The lowest BCUT2D eigenvalue weighted by molar-refractivity contribution is 0.0693. The summed E-state index contributed by atoms with van der Waals surface area (Å²) in [5.41, 5.74) is 14.9. The van der Waals surface area contributed by atoms with Crippen LogP contribution in [0, 0.1) is 11.8 Å².